The minimum atomic E-state index is -0.118. The van der Waals surface area contributed by atoms with E-state index in [1.54, 1.807) is 26.2 Å². The third-order valence-electron chi connectivity index (χ3n) is 3.29. The first-order chi connectivity index (χ1) is 9.76. The van der Waals surface area contributed by atoms with Gasteiger partial charge in [-0.15, -0.1) is 0 Å². The molecule has 0 aliphatic carbocycles. The lowest BCUT2D eigenvalue weighted by Crippen LogP contribution is -2.24. The Kier molecular flexibility index (Phi) is 6.04. The van der Waals surface area contributed by atoms with E-state index < -0.39 is 0 Å². The summed E-state index contributed by atoms with van der Waals surface area (Å²) in [4.78, 5) is 13.5. The average molecular weight is 308 g/mol. The number of benzene rings is 1. The molecule has 0 radical (unpaired) electrons. The molecule has 0 atom stereocenters. The lowest BCUT2D eigenvalue weighted by Gasteiger charge is -2.24. The van der Waals surface area contributed by atoms with E-state index in [0.717, 1.165) is 18.7 Å². The molecule has 0 spiro atoms. The molecule has 0 aliphatic heterocycles. The topological polar surface area (TPSA) is 56.1 Å². The normalized spacial score (nSPS) is 10.9. The van der Waals surface area contributed by atoms with Gasteiger partial charge in [0.2, 0.25) is 0 Å². The number of nitriles is 1. The van der Waals surface area contributed by atoms with Crippen molar-refractivity contribution in [3.05, 3.63) is 28.8 Å². The van der Waals surface area contributed by atoms with Crippen molar-refractivity contribution in [2.75, 3.05) is 26.0 Å². The van der Waals surface area contributed by atoms with Crippen LogP contribution in [0, 0.1) is 16.7 Å². The van der Waals surface area contributed by atoms with E-state index in [1.165, 1.54) is 4.90 Å². The molecular formula is C16H22ClN3O. The molecule has 0 aromatic heterocycles. The summed E-state index contributed by atoms with van der Waals surface area (Å²) in [6, 6.07) is 7.52. The van der Waals surface area contributed by atoms with Crippen LogP contribution in [0.2, 0.25) is 5.02 Å². The van der Waals surface area contributed by atoms with E-state index in [-0.39, 0.29) is 11.3 Å². The number of amides is 1. The van der Waals surface area contributed by atoms with Gasteiger partial charge in [0.25, 0.3) is 5.91 Å². The second-order valence-electron chi connectivity index (χ2n) is 6.07. The predicted molar refractivity (Wildman–Crippen MR) is 86.6 cm³/mol. The number of carbonyl (C=O) groups is 1. The Hall–Kier alpha value is -1.73. The van der Waals surface area contributed by atoms with Crippen molar-refractivity contribution in [1.82, 2.24) is 4.90 Å². The maximum Gasteiger partial charge on any atom is 0.254 e. The van der Waals surface area contributed by atoms with Gasteiger partial charge in [0.05, 0.1) is 16.7 Å². The summed E-state index contributed by atoms with van der Waals surface area (Å²) in [5.41, 5.74) is 1.36. The minimum absolute atomic E-state index is 0.0150. The smallest absolute Gasteiger partial charge is 0.254 e. The third-order valence-corrected chi connectivity index (χ3v) is 3.62. The van der Waals surface area contributed by atoms with Crippen LogP contribution < -0.4 is 5.32 Å². The quantitative estimate of drug-likeness (QED) is 0.870. The number of nitrogens with one attached hydrogen (secondary N) is 1. The number of nitrogens with zero attached hydrogens (tertiary/aromatic N) is 2. The fourth-order valence-corrected chi connectivity index (χ4v) is 2.06. The molecule has 0 fully saturated rings. The maximum atomic E-state index is 12.0. The van der Waals surface area contributed by atoms with Crippen molar-refractivity contribution in [2.24, 2.45) is 5.41 Å². The lowest BCUT2D eigenvalue weighted by molar-refractivity contribution is 0.0828. The van der Waals surface area contributed by atoms with Gasteiger partial charge < -0.3 is 10.2 Å². The first-order valence-electron chi connectivity index (χ1n) is 6.89. The molecule has 0 unspecified atom stereocenters. The highest BCUT2D eigenvalue weighted by Crippen LogP contribution is 2.25. The van der Waals surface area contributed by atoms with Gasteiger partial charge in [-0.1, -0.05) is 25.4 Å². The van der Waals surface area contributed by atoms with E-state index in [4.69, 9.17) is 16.9 Å². The molecule has 21 heavy (non-hydrogen) atoms. The van der Waals surface area contributed by atoms with Crippen LogP contribution in [0.25, 0.3) is 0 Å². The van der Waals surface area contributed by atoms with Crippen molar-refractivity contribution < 1.29 is 4.79 Å². The molecule has 1 aromatic rings. The van der Waals surface area contributed by atoms with E-state index in [0.29, 0.717) is 17.0 Å². The Labute approximate surface area is 131 Å². The van der Waals surface area contributed by atoms with E-state index in [9.17, 15) is 4.79 Å². The summed E-state index contributed by atoms with van der Waals surface area (Å²) in [6.45, 7) is 4.95. The highest BCUT2D eigenvalue weighted by Gasteiger charge is 2.18. The van der Waals surface area contributed by atoms with Crippen LogP contribution in [0.4, 0.5) is 5.69 Å². The van der Waals surface area contributed by atoms with Gasteiger partial charge in [0.15, 0.2) is 0 Å². The van der Waals surface area contributed by atoms with Crippen molar-refractivity contribution in [2.45, 2.75) is 26.7 Å². The van der Waals surface area contributed by atoms with Gasteiger partial charge in [-0.25, -0.2) is 0 Å². The van der Waals surface area contributed by atoms with Gasteiger partial charge in [0, 0.05) is 32.7 Å². The highest BCUT2D eigenvalue weighted by atomic mass is 35.5. The largest absolute Gasteiger partial charge is 0.384 e. The number of rotatable bonds is 6. The molecule has 0 bridgehead atoms. The molecular weight excluding hydrogens is 286 g/mol. The molecule has 5 heteroatoms. The standard InChI is InChI=1S/C16H22ClN3O/c1-16(2,8-5-9-18)11-19-12-6-7-14(17)13(10-12)15(21)20(3)4/h6-7,10,19H,5,8,11H2,1-4H3. The number of anilines is 1. The molecule has 1 aromatic carbocycles. The summed E-state index contributed by atoms with van der Waals surface area (Å²) in [5, 5.41) is 12.4. The molecule has 0 aliphatic rings. The molecule has 114 valence electrons. The fourth-order valence-electron chi connectivity index (χ4n) is 1.86. The Morgan fingerprint density at radius 3 is 2.67 bits per heavy atom. The average Bonchev–Trinajstić information content (AvgIpc) is 2.43. The Morgan fingerprint density at radius 2 is 2.10 bits per heavy atom. The summed E-state index contributed by atoms with van der Waals surface area (Å²) >= 11 is 6.08. The van der Waals surface area contributed by atoms with Gasteiger partial charge in [0.1, 0.15) is 0 Å². The molecule has 0 saturated heterocycles. The molecule has 4 nitrogen and oxygen atoms in total. The minimum Gasteiger partial charge on any atom is -0.384 e. The number of hydrogen-bond acceptors (Lipinski definition) is 3. The Balaban J connectivity index is 2.80. The number of hydrogen-bond donors (Lipinski definition) is 1. The van der Waals surface area contributed by atoms with Crippen LogP contribution in [0.3, 0.4) is 0 Å². The first-order valence-corrected chi connectivity index (χ1v) is 7.26. The zero-order valence-corrected chi connectivity index (χ0v) is 13.8. The van der Waals surface area contributed by atoms with Crippen molar-refractivity contribution >= 4 is 23.2 Å². The Morgan fingerprint density at radius 1 is 1.43 bits per heavy atom. The van der Waals surface area contributed by atoms with E-state index in [2.05, 4.69) is 25.2 Å². The van der Waals surface area contributed by atoms with Crippen molar-refractivity contribution in [1.29, 1.82) is 5.26 Å². The monoisotopic (exact) mass is 307 g/mol. The SMILES string of the molecule is CN(C)C(=O)c1cc(NCC(C)(C)CCC#N)ccc1Cl. The van der Waals surface area contributed by atoms with Crippen LogP contribution in [0.1, 0.15) is 37.0 Å². The third kappa shape index (κ3) is 5.28. The molecule has 1 amide bonds. The second kappa shape index (κ2) is 7.33. The number of halogens is 1. The molecule has 1 rings (SSSR count). The van der Waals surface area contributed by atoms with Crippen LogP contribution in [-0.2, 0) is 0 Å². The van der Waals surface area contributed by atoms with Crippen LogP contribution >= 0.6 is 11.6 Å². The fraction of sp³-hybridized carbons (Fsp3) is 0.500. The molecule has 0 heterocycles. The summed E-state index contributed by atoms with van der Waals surface area (Å²) < 4.78 is 0. The molecule has 1 N–H and O–H groups in total. The zero-order chi connectivity index (χ0) is 16.0. The van der Waals surface area contributed by atoms with Gasteiger partial charge >= 0.3 is 0 Å². The second-order valence-corrected chi connectivity index (χ2v) is 6.48. The van der Waals surface area contributed by atoms with Crippen LogP contribution in [0.5, 0.6) is 0 Å². The van der Waals surface area contributed by atoms with E-state index in [1.807, 2.05) is 6.07 Å². The van der Waals surface area contributed by atoms with Crippen molar-refractivity contribution in [3.8, 4) is 6.07 Å². The maximum absolute atomic E-state index is 12.0. The summed E-state index contributed by atoms with van der Waals surface area (Å²) in [6.07, 6.45) is 1.37. The number of carbonyl (C=O) groups excluding carboxylic acids is 1. The van der Waals surface area contributed by atoms with Crippen molar-refractivity contribution in [3.63, 3.8) is 0 Å². The lowest BCUT2D eigenvalue weighted by atomic mass is 9.88. The summed E-state index contributed by atoms with van der Waals surface area (Å²) in [7, 11) is 3.40. The highest BCUT2D eigenvalue weighted by molar-refractivity contribution is 6.34. The predicted octanol–water partition coefficient (Wildman–Crippen LogP) is 3.78. The van der Waals surface area contributed by atoms with Crippen LogP contribution in [-0.4, -0.2) is 31.4 Å². The van der Waals surface area contributed by atoms with E-state index >= 15 is 0 Å². The van der Waals surface area contributed by atoms with Gasteiger partial charge in [-0.3, -0.25) is 4.79 Å². The zero-order valence-electron chi connectivity index (χ0n) is 13.0. The first kappa shape index (κ1) is 17.3. The van der Waals surface area contributed by atoms with Gasteiger partial charge in [-0.2, -0.15) is 5.26 Å². The Bertz CT molecular complexity index is 547. The summed E-state index contributed by atoms with van der Waals surface area (Å²) in [5.74, 6) is -0.118. The van der Waals surface area contributed by atoms with Crippen LogP contribution in [0.15, 0.2) is 18.2 Å². The van der Waals surface area contributed by atoms with Gasteiger partial charge in [-0.05, 0) is 30.0 Å². The molecule has 0 saturated carbocycles.